The molecule has 2 aromatic heterocycles. The zero-order valence-corrected chi connectivity index (χ0v) is 13.1. The minimum Gasteiger partial charge on any atom is -0.619 e. The number of hydrogen-bond donors (Lipinski definition) is 1. The molecular weight excluding hydrogens is 312 g/mol. The molecule has 2 aromatic rings. The first kappa shape index (κ1) is 16.0. The van der Waals surface area contributed by atoms with Gasteiger partial charge in [0.05, 0.1) is 17.8 Å². The monoisotopic (exact) mass is 330 g/mol. The van der Waals surface area contributed by atoms with Crippen LogP contribution in [-0.4, -0.2) is 28.3 Å². The Morgan fingerprint density at radius 3 is 2.71 bits per heavy atom. The van der Waals surface area contributed by atoms with Crippen molar-refractivity contribution in [3.05, 3.63) is 47.6 Å². The van der Waals surface area contributed by atoms with E-state index in [0.29, 0.717) is 16.6 Å². The SMILES string of the molecule is O=C(COC(=O)c1cc[n+]([O-])cc1)Nc1ccnn1C1CCCC1. The maximum atomic E-state index is 12.0. The van der Waals surface area contributed by atoms with Gasteiger partial charge in [0.2, 0.25) is 0 Å². The Bertz CT molecular complexity index is 720. The number of rotatable bonds is 5. The summed E-state index contributed by atoms with van der Waals surface area (Å²) in [7, 11) is 0. The van der Waals surface area contributed by atoms with Gasteiger partial charge in [-0.2, -0.15) is 9.83 Å². The van der Waals surface area contributed by atoms with E-state index >= 15 is 0 Å². The van der Waals surface area contributed by atoms with Crippen LogP contribution >= 0.6 is 0 Å². The van der Waals surface area contributed by atoms with Crippen molar-refractivity contribution in [2.75, 3.05) is 11.9 Å². The molecule has 0 aliphatic heterocycles. The highest BCUT2D eigenvalue weighted by Crippen LogP contribution is 2.31. The van der Waals surface area contributed by atoms with E-state index < -0.39 is 18.5 Å². The molecule has 0 atom stereocenters. The normalized spacial score (nSPS) is 14.5. The van der Waals surface area contributed by atoms with Gasteiger partial charge in [-0.3, -0.25) is 4.79 Å². The van der Waals surface area contributed by atoms with Crippen molar-refractivity contribution < 1.29 is 19.1 Å². The predicted octanol–water partition coefficient (Wildman–Crippen LogP) is 1.43. The average Bonchev–Trinajstić information content (AvgIpc) is 3.24. The summed E-state index contributed by atoms with van der Waals surface area (Å²) >= 11 is 0. The van der Waals surface area contributed by atoms with Crippen molar-refractivity contribution >= 4 is 17.7 Å². The Hall–Kier alpha value is -2.90. The summed E-state index contributed by atoms with van der Waals surface area (Å²) < 4.78 is 7.33. The molecule has 0 bridgehead atoms. The molecule has 1 aliphatic rings. The van der Waals surface area contributed by atoms with E-state index in [2.05, 4.69) is 10.4 Å². The molecule has 0 spiro atoms. The van der Waals surface area contributed by atoms with Gasteiger partial charge in [0.1, 0.15) is 5.82 Å². The van der Waals surface area contributed by atoms with E-state index in [1.165, 1.54) is 24.5 Å². The third-order valence-corrected chi connectivity index (χ3v) is 3.98. The second-order valence-electron chi connectivity index (χ2n) is 5.67. The summed E-state index contributed by atoms with van der Waals surface area (Å²) in [5, 5.41) is 17.9. The van der Waals surface area contributed by atoms with Gasteiger partial charge in [0.15, 0.2) is 19.0 Å². The van der Waals surface area contributed by atoms with Crippen LogP contribution in [0.15, 0.2) is 36.8 Å². The number of nitrogens with one attached hydrogen (secondary N) is 1. The first-order chi connectivity index (χ1) is 11.6. The summed E-state index contributed by atoms with van der Waals surface area (Å²) in [5.41, 5.74) is 0.214. The van der Waals surface area contributed by atoms with Crippen LogP contribution in [0.25, 0.3) is 0 Å². The summed E-state index contributed by atoms with van der Waals surface area (Å²) in [6.07, 6.45) is 8.45. The van der Waals surface area contributed by atoms with Crippen LogP contribution in [0.2, 0.25) is 0 Å². The van der Waals surface area contributed by atoms with E-state index in [4.69, 9.17) is 4.74 Å². The molecule has 1 saturated carbocycles. The quantitative estimate of drug-likeness (QED) is 0.508. The second-order valence-corrected chi connectivity index (χ2v) is 5.67. The zero-order valence-electron chi connectivity index (χ0n) is 13.1. The van der Waals surface area contributed by atoms with Gasteiger partial charge in [-0.15, -0.1) is 0 Å². The molecule has 1 N–H and O–H groups in total. The average molecular weight is 330 g/mol. The maximum Gasteiger partial charge on any atom is 0.339 e. The van der Waals surface area contributed by atoms with Gasteiger partial charge in [0.25, 0.3) is 5.91 Å². The number of amides is 1. The zero-order chi connectivity index (χ0) is 16.9. The Balaban J connectivity index is 1.53. The van der Waals surface area contributed by atoms with Gasteiger partial charge >= 0.3 is 5.97 Å². The van der Waals surface area contributed by atoms with Crippen molar-refractivity contribution in [1.29, 1.82) is 0 Å². The van der Waals surface area contributed by atoms with Crippen LogP contribution in [0.1, 0.15) is 42.1 Å². The van der Waals surface area contributed by atoms with Crippen molar-refractivity contribution in [2.45, 2.75) is 31.7 Å². The van der Waals surface area contributed by atoms with E-state index in [-0.39, 0.29) is 5.56 Å². The molecule has 0 saturated heterocycles. The molecule has 24 heavy (non-hydrogen) atoms. The number of esters is 1. The number of aromatic nitrogens is 3. The lowest BCUT2D eigenvalue weighted by Crippen LogP contribution is -2.26. The molecule has 1 fully saturated rings. The van der Waals surface area contributed by atoms with Gasteiger partial charge in [-0.25, -0.2) is 9.48 Å². The van der Waals surface area contributed by atoms with Crippen LogP contribution in [0.5, 0.6) is 0 Å². The highest BCUT2D eigenvalue weighted by Gasteiger charge is 2.20. The van der Waals surface area contributed by atoms with Gasteiger partial charge < -0.3 is 15.3 Å². The minimum absolute atomic E-state index is 0.214. The molecule has 1 aliphatic carbocycles. The molecule has 8 nitrogen and oxygen atoms in total. The number of carbonyl (C=O) groups excluding carboxylic acids is 2. The number of pyridine rings is 1. The topological polar surface area (TPSA) is 100 Å². The summed E-state index contributed by atoms with van der Waals surface area (Å²) in [6.45, 7) is -0.402. The number of ether oxygens (including phenoxy) is 1. The van der Waals surface area contributed by atoms with Crippen molar-refractivity contribution in [1.82, 2.24) is 9.78 Å². The van der Waals surface area contributed by atoms with Crippen molar-refractivity contribution in [3.8, 4) is 0 Å². The molecule has 0 radical (unpaired) electrons. The van der Waals surface area contributed by atoms with Crippen LogP contribution in [0.3, 0.4) is 0 Å². The molecule has 0 aromatic carbocycles. The standard InChI is InChI=1S/C16H18N4O4/c21-15(11-24-16(22)12-6-9-19(23)10-7-12)18-14-5-8-17-20(14)13-3-1-2-4-13/h5-10,13H,1-4,11H2,(H,18,21). The number of hydrogen-bond acceptors (Lipinski definition) is 5. The molecule has 1 amide bonds. The van der Waals surface area contributed by atoms with E-state index in [0.717, 1.165) is 25.7 Å². The fraction of sp³-hybridized carbons (Fsp3) is 0.375. The first-order valence-electron chi connectivity index (χ1n) is 7.83. The van der Waals surface area contributed by atoms with Gasteiger partial charge in [0, 0.05) is 18.2 Å². The first-order valence-corrected chi connectivity index (χ1v) is 7.83. The summed E-state index contributed by atoms with van der Waals surface area (Å²) in [6, 6.07) is 4.70. The van der Waals surface area contributed by atoms with E-state index in [1.807, 2.05) is 4.68 Å². The van der Waals surface area contributed by atoms with Crippen molar-refractivity contribution in [2.24, 2.45) is 0 Å². The number of anilines is 1. The predicted molar refractivity (Wildman–Crippen MR) is 84.0 cm³/mol. The lowest BCUT2D eigenvalue weighted by molar-refractivity contribution is -0.605. The largest absolute Gasteiger partial charge is 0.619 e. The fourth-order valence-electron chi connectivity index (χ4n) is 2.80. The van der Waals surface area contributed by atoms with Crippen LogP contribution in [0, 0.1) is 5.21 Å². The second kappa shape index (κ2) is 7.12. The van der Waals surface area contributed by atoms with Crippen LogP contribution in [-0.2, 0) is 9.53 Å². The molecule has 3 rings (SSSR count). The molecule has 8 heteroatoms. The lowest BCUT2D eigenvalue weighted by atomic mass is 10.2. The van der Waals surface area contributed by atoms with Gasteiger partial charge in [-0.05, 0) is 12.8 Å². The Morgan fingerprint density at radius 1 is 1.29 bits per heavy atom. The minimum atomic E-state index is -0.657. The summed E-state index contributed by atoms with van der Waals surface area (Å²) in [4.78, 5) is 23.8. The molecule has 0 unspecified atom stereocenters. The maximum absolute atomic E-state index is 12.0. The van der Waals surface area contributed by atoms with Gasteiger partial charge in [-0.1, -0.05) is 12.8 Å². The smallest absolute Gasteiger partial charge is 0.339 e. The highest BCUT2D eigenvalue weighted by atomic mass is 16.5. The summed E-state index contributed by atoms with van der Waals surface area (Å²) in [5.74, 6) is -0.483. The molecule has 2 heterocycles. The van der Waals surface area contributed by atoms with E-state index in [9.17, 15) is 14.8 Å². The van der Waals surface area contributed by atoms with Crippen LogP contribution < -0.4 is 10.0 Å². The Morgan fingerprint density at radius 2 is 2.00 bits per heavy atom. The third kappa shape index (κ3) is 3.70. The lowest BCUT2D eigenvalue weighted by Gasteiger charge is -2.14. The fourth-order valence-corrected chi connectivity index (χ4v) is 2.80. The van der Waals surface area contributed by atoms with E-state index in [1.54, 1.807) is 12.3 Å². The Kier molecular flexibility index (Phi) is 4.74. The third-order valence-electron chi connectivity index (χ3n) is 3.98. The number of nitrogens with zero attached hydrogens (tertiary/aromatic N) is 3. The Labute approximate surface area is 138 Å². The highest BCUT2D eigenvalue weighted by molar-refractivity contribution is 5.94. The molecular formula is C16H18N4O4. The van der Waals surface area contributed by atoms with Crippen LogP contribution in [0.4, 0.5) is 5.82 Å². The number of carbonyl (C=O) groups is 2. The van der Waals surface area contributed by atoms with Crippen molar-refractivity contribution in [3.63, 3.8) is 0 Å². The molecule has 126 valence electrons.